The largest absolute Gasteiger partial charge is 0.328 e. The van der Waals surface area contributed by atoms with E-state index in [9.17, 15) is 0 Å². The van der Waals surface area contributed by atoms with Crippen LogP contribution >= 0.6 is 12.4 Å². The maximum atomic E-state index is 5.89. The summed E-state index contributed by atoms with van der Waals surface area (Å²) in [5.74, 6) is 0. The van der Waals surface area contributed by atoms with Crippen molar-refractivity contribution in [1.82, 2.24) is 14.7 Å². The lowest BCUT2D eigenvalue weighted by Crippen LogP contribution is -2.39. The molecule has 2 rings (SSSR count). The minimum atomic E-state index is 0. The fourth-order valence-electron chi connectivity index (χ4n) is 2.09. The van der Waals surface area contributed by atoms with Gasteiger partial charge in [-0.15, -0.1) is 12.4 Å². The van der Waals surface area contributed by atoms with Crippen molar-refractivity contribution in [2.24, 2.45) is 5.73 Å². The summed E-state index contributed by atoms with van der Waals surface area (Å²) in [7, 11) is 0. The Bertz CT molecular complexity index is 329. The Hall–Kier alpha value is -0.580. The van der Waals surface area contributed by atoms with E-state index in [1.807, 2.05) is 4.68 Å². The topological polar surface area (TPSA) is 47.1 Å². The number of hydrogen-bond donors (Lipinski definition) is 1. The average Bonchev–Trinajstić information content (AvgIpc) is 2.70. The lowest BCUT2D eigenvalue weighted by atomic mass is 10.1. The van der Waals surface area contributed by atoms with Gasteiger partial charge in [-0.3, -0.25) is 9.58 Å². The van der Waals surface area contributed by atoms with Gasteiger partial charge in [0, 0.05) is 37.9 Å². The van der Waals surface area contributed by atoms with Gasteiger partial charge in [0.25, 0.3) is 0 Å². The Morgan fingerprint density at radius 2 is 2.06 bits per heavy atom. The molecule has 1 aliphatic heterocycles. The monoisotopic (exact) mass is 258 g/mol. The molecule has 0 aromatic carbocycles. The molecule has 98 valence electrons. The highest BCUT2D eigenvalue weighted by Crippen LogP contribution is 2.12. The molecule has 1 aromatic heterocycles. The van der Waals surface area contributed by atoms with Gasteiger partial charge >= 0.3 is 0 Å². The lowest BCUT2D eigenvalue weighted by molar-refractivity contribution is 0.203. The van der Waals surface area contributed by atoms with E-state index < -0.39 is 0 Å². The van der Waals surface area contributed by atoms with E-state index >= 15 is 0 Å². The molecule has 1 aromatic rings. The van der Waals surface area contributed by atoms with Gasteiger partial charge in [0.2, 0.25) is 0 Å². The number of nitrogens with zero attached hydrogens (tertiary/aromatic N) is 3. The molecule has 1 fully saturated rings. The van der Waals surface area contributed by atoms with Gasteiger partial charge in [0.05, 0.1) is 5.69 Å². The summed E-state index contributed by atoms with van der Waals surface area (Å²) in [4.78, 5) is 2.44. The van der Waals surface area contributed by atoms with Crippen LogP contribution in [0.2, 0.25) is 0 Å². The highest BCUT2D eigenvalue weighted by molar-refractivity contribution is 5.85. The fraction of sp³-hybridized carbons (Fsp3) is 0.750. The number of nitrogens with two attached hydrogens (primary N) is 1. The maximum Gasteiger partial charge on any atom is 0.0764 e. The van der Waals surface area contributed by atoms with Crippen molar-refractivity contribution in [3.05, 3.63) is 18.0 Å². The summed E-state index contributed by atoms with van der Waals surface area (Å²) in [6.07, 6.45) is 4.30. The van der Waals surface area contributed by atoms with E-state index in [0.29, 0.717) is 12.1 Å². The number of hydrogen-bond acceptors (Lipinski definition) is 3. The third-order valence-corrected chi connectivity index (χ3v) is 3.21. The van der Waals surface area contributed by atoms with Gasteiger partial charge < -0.3 is 5.73 Å². The van der Waals surface area contributed by atoms with Gasteiger partial charge in [0.1, 0.15) is 0 Å². The van der Waals surface area contributed by atoms with E-state index in [0.717, 1.165) is 32.5 Å². The van der Waals surface area contributed by atoms with Crippen molar-refractivity contribution in [2.45, 2.75) is 45.3 Å². The zero-order chi connectivity index (χ0) is 11.5. The summed E-state index contributed by atoms with van der Waals surface area (Å²) in [6.45, 7) is 7.48. The minimum absolute atomic E-state index is 0. The van der Waals surface area contributed by atoms with Crippen LogP contribution in [0, 0.1) is 0 Å². The number of rotatable bonds is 3. The summed E-state index contributed by atoms with van der Waals surface area (Å²) in [5.41, 5.74) is 7.06. The summed E-state index contributed by atoms with van der Waals surface area (Å²) in [6, 6.07) is 2.97. The lowest BCUT2D eigenvalue weighted by Gasteiger charge is -2.29. The molecule has 0 amide bonds. The molecular formula is C12H23ClN4. The Morgan fingerprint density at radius 3 is 2.59 bits per heavy atom. The normalized spacial score (nSPS) is 18.4. The van der Waals surface area contributed by atoms with Crippen LogP contribution in [0.5, 0.6) is 0 Å². The molecule has 0 radical (unpaired) electrons. The van der Waals surface area contributed by atoms with E-state index in [-0.39, 0.29) is 12.4 Å². The molecule has 17 heavy (non-hydrogen) atoms. The van der Waals surface area contributed by atoms with Crippen LogP contribution in [-0.2, 0) is 6.54 Å². The van der Waals surface area contributed by atoms with E-state index in [1.165, 1.54) is 5.69 Å². The molecule has 1 saturated heterocycles. The molecule has 0 spiro atoms. The second kappa shape index (κ2) is 6.38. The molecule has 0 saturated carbocycles. The average molecular weight is 259 g/mol. The van der Waals surface area contributed by atoms with Crippen LogP contribution in [0.4, 0.5) is 0 Å². The summed E-state index contributed by atoms with van der Waals surface area (Å²) < 4.78 is 2.02. The van der Waals surface area contributed by atoms with Crippen molar-refractivity contribution >= 4 is 12.4 Å². The fourth-order valence-corrected chi connectivity index (χ4v) is 2.09. The van der Waals surface area contributed by atoms with Crippen LogP contribution in [0.25, 0.3) is 0 Å². The highest BCUT2D eigenvalue weighted by Gasteiger charge is 2.16. The van der Waals surface area contributed by atoms with Crippen molar-refractivity contribution in [2.75, 3.05) is 13.1 Å². The molecular weight excluding hydrogens is 236 g/mol. The Kier molecular flexibility index (Phi) is 5.43. The zero-order valence-electron chi connectivity index (χ0n) is 10.7. The molecule has 5 heteroatoms. The molecule has 0 unspecified atom stereocenters. The van der Waals surface area contributed by atoms with Gasteiger partial charge in [-0.05, 0) is 32.8 Å². The van der Waals surface area contributed by atoms with Crippen LogP contribution in [0.3, 0.4) is 0 Å². The van der Waals surface area contributed by atoms with Gasteiger partial charge in [-0.2, -0.15) is 5.10 Å². The van der Waals surface area contributed by atoms with E-state index in [1.54, 1.807) is 0 Å². The second-order valence-corrected chi connectivity index (χ2v) is 4.99. The van der Waals surface area contributed by atoms with Gasteiger partial charge in [0.15, 0.2) is 0 Å². The minimum Gasteiger partial charge on any atom is -0.328 e. The SMILES string of the molecule is CC(C)n1ccc(CN2CCC(N)CC2)n1.Cl. The number of halogens is 1. The first-order chi connectivity index (χ1) is 7.65. The number of likely N-dealkylation sites (tertiary alicyclic amines) is 1. The van der Waals surface area contributed by atoms with Crippen LogP contribution in [-0.4, -0.2) is 33.8 Å². The van der Waals surface area contributed by atoms with Crippen molar-refractivity contribution in [1.29, 1.82) is 0 Å². The van der Waals surface area contributed by atoms with Crippen molar-refractivity contribution in [3.8, 4) is 0 Å². The molecule has 0 bridgehead atoms. The Balaban J connectivity index is 0.00000144. The van der Waals surface area contributed by atoms with E-state index in [2.05, 4.69) is 36.1 Å². The molecule has 0 aliphatic carbocycles. The van der Waals surface area contributed by atoms with Crippen molar-refractivity contribution in [3.63, 3.8) is 0 Å². The first-order valence-electron chi connectivity index (χ1n) is 6.17. The predicted molar refractivity (Wildman–Crippen MR) is 72.3 cm³/mol. The molecule has 1 aliphatic rings. The Morgan fingerprint density at radius 1 is 1.41 bits per heavy atom. The first kappa shape index (κ1) is 14.5. The smallest absolute Gasteiger partial charge is 0.0764 e. The number of piperidine rings is 1. The van der Waals surface area contributed by atoms with Crippen LogP contribution in [0.15, 0.2) is 12.3 Å². The van der Waals surface area contributed by atoms with E-state index in [4.69, 9.17) is 5.73 Å². The molecule has 4 nitrogen and oxygen atoms in total. The van der Waals surface area contributed by atoms with Gasteiger partial charge in [-0.25, -0.2) is 0 Å². The summed E-state index contributed by atoms with van der Waals surface area (Å²) >= 11 is 0. The van der Waals surface area contributed by atoms with Crippen molar-refractivity contribution < 1.29 is 0 Å². The number of aromatic nitrogens is 2. The highest BCUT2D eigenvalue weighted by atomic mass is 35.5. The second-order valence-electron chi connectivity index (χ2n) is 4.99. The van der Waals surface area contributed by atoms with Crippen LogP contribution < -0.4 is 5.73 Å². The standard InChI is InChI=1S/C12H22N4.ClH/c1-10(2)16-8-5-12(14-16)9-15-6-3-11(13)4-7-15;/h5,8,10-11H,3-4,6-7,9,13H2,1-2H3;1H. The quantitative estimate of drug-likeness (QED) is 0.900. The molecule has 2 N–H and O–H groups in total. The first-order valence-corrected chi connectivity index (χ1v) is 6.17. The Labute approximate surface area is 110 Å². The van der Waals surface area contributed by atoms with Gasteiger partial charge in [-0.1, -0.05) is 0 Å². The predicted octanol–water partition coefficient (Wildman–Crippen LogP) is 1.81. The zero-order valence-corrected chi connectivity index (χ0v) is 11.5. The third kappa shape index (κ3) is 3.98. The molecule has 2 heterocycles. The molecule has 0 atom stereocenters. The third-order valence-electron chi connectivity index (χ3n) is 3.21. The summed E-state index contributed by atoms with van der Waals surface area (Å²) in [5, 5.41) is 4.57. The van der Waals surface area contributed by atoms with Crippen LogP contribution in [0.1, 0.15) is 38.4 Å². The maximum absolute atomic E-state index is 5.89.